The second-order valence-electron chi connectivity index (χ2n) is 5.78. The minimum Gasteiger partial charge on any atom is -0.315 e. The summed E-state index contributed by atoms with van der Waals surface area (Å²) in [6, 6.07) is 0.615. The van der Waals surface area contributed by atoms with Gasteiger partial charge in [0.05, 0.1) is 0 Å². The van der Waals surface area contributed by atoms with E-state index >= 15 is 0 Å². The summed E-state index contributed by atoms with van der Waals surface area (Å²) in [5.41, 5.74) is 0. The van der Waals surface area contributed by atoms with Gasteiger partial charge in [-0.3, -0.25) is 0 Å². The van der Waals surface area contributed by atoms with Gasteiger partial charge in [-0.05, 0) is 45.9 Å². The maximum atomic E-state index is 3.41. The van der Waals surface area contributed by atoms with Crippen LogP contribution in [0, 0.1) is 11.8 Å². The number of hydrogen-bond donors (Lipinski definition) is 1. The summed E-state index contributed by atoms with van der Waals surface area (Å²) < 4.78 is 0. The lowest BCUT2D eigenvalue weighted by Crippen LogP contribution is -2.42. The molecular formula is C13H29N3. The van der Waals surface area contributed by atoms with Crippen molar-refractivity contribution in [3.63, 3.8) is 0 Å². The molecule has 96 valence electrons. The van der Waals surface area contributed by atoms with Gasteiger partial charge in [0.25, 0.3) is 0 Å². The van der Waals surface area contributed by atoms with Gasteiger partial charge >= 0.3 is 0 Å². The molecule has 0 aromatic carbocycles. The summed E-state index contributed by atoms with van der Waals surface area (Å²) in [7, 11) is 6.55. The van der Waals surface area contributed by atoms with E-state index in [9.17, 15) is 0 Å². The average Bonchev–Trinajstić information content (AvgIpc) is 2.60. The third-order valence-corrected chi connectivity index (χ3v) is 3.74. The second-order valence-corrected chi connectivity index (χ2v) is 5.78. The molecule has 0 bridgehead atoms. The zero-order valence-electron chi connectivity index (χ0n) is 11.7. The summed E-state index contributed by atoms with van der Waals surface area (Å²) >= 11 is 0. The Kier molecular flexibility index (Phi) is 5.73. The molecule has 0 aromatic rings. The van der Waals surface area contributed by atoms with Crippen LogP contribution in [0.25, 0.3) is 0 Å². The van der Waals surface area contributed by atoms with Crippen LogP contribution >= 0.6 is 0 Å². The molecule has 0 saturated carbocycles. The summed E-state index contributed by atoms with van der Waals surface area (Å²) in [4.78, 5) is 4.93. The van der Waals surface area contributed by atoms with E-state index in [-0.39, 0.29) is 0 Å². The lowest BCUT2D eigenvalue weighted by atomic mass is 10.0. The third-order valence-electron chi connectivity index (χ3n) is 3.74. The Morgan fingerprint density at radius 3 is 2.56 bits per heavy atom. The number of likely N-dealkylation sites (N-methyl/N-ethyl adjacent to an activating group) is 2. The lowest BCUT2D eigenvalue weighted by molar-refractivity contribution is 0.229. The van der Waals surface area contributed by atoms with Gasteiger partial charge in [0.15, 0.2) is 0 Å². The SMILES string of the molecule is CNC(CN(C)CC1CCN(C)C1)C(C)C. The van der Waals surface area contributed by atoms with E-state index in [0.717, 1.165) is 12.5 Å². The maximum Gasteiger partial charge on any atom is 0.0214 e. The van der Waals surface area contributed by atoms with Crippen LogP contribution in [0.15, 0.2) is 0 Å². The van der Waals surface area contributed by atoms with Crippen molar-refractivity contribution in [1.29, 1.82) is 0 Å². The Labute approximate surface area is 101 Å². The molecule has 3 nitrogen and oxygen atoms in total. The van der Waals surface area contributed by atoms with Crippen molar-refractivity contribution >= 4 is 0 Å². The highest BCUT2D eigenvalue weighted by molar-refractivity contribution is 4.78. The molecule has 1 saturated heterocycles. The molecule has 1 fully saturated rings. The predicted octanol–water partition coefficient (Wildman–Crippen LogP) is 1.11. The van der Waals surface area contributed by atoms with Crippen LogP contribution in [0.1, 0.15) is 20.3 Å². The van der Waals surface area contributed by atoms with E-state index in [0.29, 0.717) is 12.0 Å². The number of nitrogens with zero attached hydrogens (tertiary/aromatic N) is 2. The Hall–Kier alpha value is -0.120. The monoisotopic (exact) mass is 227 g/mol. The Morgan fingerprint density at radius 2 is 2.12 bits per heavy atom. The van der Waals surface area contributed by atoms with Crippen LogP contribution in [0.3, 0.4) is 0 Å². The molecule has 1 N–H and O–H groups in total. The molecule has 16 heavy (non-hydrogen) atoms. The smallest absolute Gasteiger partial charge is 0.0214 e. The molecule has 2 atom stereocenters. The van der Waals surface area contributed by atoms with E-state index in [1.165, 1.54) is 26.1 Å². The molecule has 0 aliphatic carbocycles. The van der Waals surface area contributed by atoms with E-state index in [1.807, 2.05) is 0 Å². The van der Waals surface area contributed by atoms with Gasteiger partial charge in [-0.25, -0.2) is 0 Å². The van der Waals surface area contributed by atoms with Crippen molar-refractivity contribution in [1.82, 2.24) is 15.1 Å². The molecule has 1 aliphatic heterocycles. The Bertz CT molecular complexity index is 194. The summed E-state index contributed by atoms with van der Waals surface area (Å²) in [6.07, 6.45) is 1.37. The van der Waals surface area contributed by atoms with Gasteiger partial charge in [0.1, 0.15) is 0 Å². The zero-order valence-corrected chi connectivity index (χ0v) is 11.7. The largest absolute Gasteiger partial charge is 0.315 e. The van der Waals surface area contributed by atoms with Gasteiger partial charge < -0.3 is 15.1 Å². The highest BCUT2D eigenvalue weighted by Crippen LogP contribution is 2.15. The van der Waals surface area contributed by atoms with Gasteiger partial charge in [0, 0.05) is 25.7 Å². The highest BCUT2D eigenvalue weighted by atomic mass is 15.2. The highest BCUT2D eigenvalue weighted by Gasteiger charge is 2.22. The first-order valence-corrected chi connectivity index (χ1v) is 6.57. The standard InChI is InChI=1S/C13H29N3/c1-11(2)13(14-3)10-16(5)9-12-6-7-15(4)8-12/h11-14H,6-10H2,1-5H3. The van der Waals surface area contributed by atoms with Crippen LogP contribution in [-0.2, 0) is 0 Å². The molecule has 1 rings (SSSR count). The van der Waals surface area contributed by atoms with Crippen molar-refractivity contribution < 1.29 is 0 Å². The van der Waals surface area contributed by atoms with Gasteiger partial charge in [-0.1, -0.05) is 13.8 Å². The molecule has 0 amide bonds. The predicted molar refractivity (Wildman–Crippen MR) is 70.8 cm³/mol. The molecule has 0 spiro atoms. The normalized spacial score (nSPS) is 24.6. The average molecular weight is 227 g/mol. The van der Waals surface area contributed by atoms with Crippen molar-refractivity contribution in [3.8, 4) is 0 Å². The topological polar surface area (TPSA) is 18.5 Å². The number of rotatable bonds is 6. The molecule has 0 aromatic heterocycles. The van der Waals surface area contributed by atoms with E-state index in [2.05, 4.69) is 50.1 Å². The molecular weight excluding hydrogens is 198 g/mol. The quantitative estimate of drug-likeness (QED) is 0.733. The van der Waals surface area contributed by atoms with Crippen LogP contribution in [0.5, 0.6) is 0 Å². The molecule has 2 unspecified atom stereocenters. The van der Waals surface area contributed by atoms with Gasteiger partial charge in [-0.2, -0.15) is 0 Å². The molecule has 1 heterocycles. The minimum atomic E-state index is 0.615. The Morgan fingerprint density at radius 1 is 1.44 bits per heavy atom. The minimum absolute atomic E-state index is 0.615. The first-order chi connectivity index (χ1) is 7.52. The fourth-order valence-electron chi connectivity index (χ4n) is 2.66. The second kappa shape index (κ2) is 6.58. The van der Waals surface area contributed by atoms with Crippen molar-refractivity contribution in [2.45, 2.75) is 26.3 Å². The van der Waals surface area contributed by atoms with E-state index in [4.69, 9.17) is 0 Å². The van der Waals surface area contributed by atoms with Crippen molar-refractivity contribution in [2.24, 2.45) is 11.8 Å². The summed E-state index contributed by atoms with van der Waals surface area (Å²) in [5.74, 6) is 1.58. The third kappa shape index (κ3) is 4.40. The maximum absolute atomic E-state index is 3.41. The fourth-order valence-corrected chi connectivity index (χ4v) is 2.66. The van der Waals surface area contributed by atoms with Crippen molar-refractivity contribution in [2.75, 3.05) is 47.3 Å². The van der Waals surface area contributed by atoms with Crippen molar-refractivity contribution in [3.05, 3.63) is 0 Å². The summed E-state index contributed by atoms with van der Waals surface area (Å²) in [5, 5.41) is 3.41. The molecule has 3 heteroatoms. The lowest BCUT2D eigenvalue weighted by Gasteiger charge is -2.28. The number of likely N-dealkylation sites (tertiary alicyclic amines) is 1. The van der Waals surface area contributed by atoms with Crippen LogP contribution in [0.2, 0.25) is 0 Å². The van der Waals surface area contributed by atoms with E-state index in [1.54, 1.807) is 0 Å². The van der Waals surface area contributed by atoms with Crippen LogP contribution < -0.4 is 5.32 Å². The van der Waals surface area contributed by atoms with Crippen LogP contribution in [-0.4, -0.2) is 63.2 Å². The van der Waals surface area contributed by atoms with Gasteiger partial charge in [-0.15, -0.1) is 0 Å². The fraction of sp³-hybridized carbons (Fsp3) is 1.00. The summed E-state index contributed by atoms with van der Waals surface area (Å²) in [6.45, 7) is 9.54. The number of hydrogen-bond acceptors (Lipinski definition) is 3. The Balaban J connectivity index is 2.26. The van der Waals surface area contributed by atoms with Gasteiger partial charge in [0.2, 0.25) is 0 Å². The molecule has 0 radical (unpaired) electrons. The zero-order chi connectivity index (χ0) is 12.1. The van der Waals surface area contributed by atoms with E-state index < -0.39 is 0 Å². The first kappa shape index (κ1) is 13.9. The molecule has 1 aliphatic rings. The first-order valence-electron chi connectivity index (χ1n) is 6.57. The van der Waals surface area contributed by atoms with Crippen LogP contribution in [0.4, 0.5) is 0 Å². The number of nitrogens with one attached hydrogen (secondary N) is 1.